The maximum absolute atomic E-state index is 12.5. The predicted molar refractivity (Wildman–Crippen MR) is 105 cm³/mol. The van der Waals surface area contributed by atoms with Crippen molar-refractivity contribution in [3.8, 4) is 0 Å². The van der Waals surface area contributed by atoms with E-state index in [1.807, 2.05) is 17.7 Å². The molecule has 142 valence electrons. The number of carbonyl (C=O) groups excluding carboxylic acids is 1. The first-order valence-corrected chi connectivity index (χ1v) is 9.69. The van der Waals surface area contributed by atoms with Crippen LogP contribution in [-0.4, -0.2) is 45.5 Å². The Hall–Kier alpha value is -2.67. The highest BCUT2D eigenvalue weighted by molar-refractivity contribution is 5.93. The number of fused-ring (bicyclic) bond motifs is 1. The van der Waals surface area contributed by atoms with Gasteiger partial charge in [-0.25, -0.2) is 4.68 Å². The molecule has 4 rings (SSSR count). The van der Waals surface area contributed by atoms with Crippen LogP contribution in [0.5, 0.6) is 0 Å². The van der Waals surface area contributed by atoms with E-state index in [1.165, 1.54) is 10.9 Å². The molecule has 3 aromatic rings. The van der Waals surface area contributed by atoms with Gasteiger partial charge in [0.2, 0.25) is 0 Å². The van der Waals surface area contributed by atoms with Gasteiger partial charge in [0.05, 0.1) is 11.7 Å². The average molecular weight is 366 g/mol. The highest BCUT2D eigenvalue weighted by atomic mass is 16.2. The molecular weight excluding hydrogens is 340 g/mol. The first-order chi connectivity index (χ1) is 13.2. The second-order valence-corrected chi connectivity index (χ2v) is 7.17. The van der Waals surface area contributed by atoms with Crippen molar-refractivity contribution >= 4 is 16.8 Å². The number of benzene rings is 1. The van der Waals surface area contributed by atoms with E-state index in [-0.39, 0.29) is 5.91 Å². The largest absolute Gasteiger partial charge is 0.361 e. The van der Waals surface area contributed by atoms with Gasteiger partial charge >= 0.3 is 0 Å². The fourth-order valence-electron chi connectivity index (χ4n) is 3.85. The zero-order valence-electron chi connectivity index (χ0n) is 15.7. The SMILES string of the molecule is Cc1c(C(=O)NCCCc2c[nH]c3ccccc23)nnn1C1CCNCC1. The van der Waals surface area contributed by atoms with Gasteiger partial charge < -0.3 is 15.6 Å². The number of hydrogen-bond acceptors (Lipinski definition) is 4. The molecule has 2 aromatic heterocycles. The minimum atomic E-state index is -0.133. The van der Waals surface area contributed by atoms with Crippen LogP contribution in [0.25, 0.3) is 10.9 Å². The van der Waals surface area contributed by atoms with E-state index in [1.54, 1.807) is 0 Å². The summed E-state index contributed by atoms with van der Waals surface area (Å²) in [6.07, 6.45) is 5.91. The first kappa shape index (κ1) is 17.7. The highest BCUT2D eigenvalue weighted by Crippen LogP contribution is 2.20. The van der Waals surface area contributed by atoms with Gasteiger partial charge in [-0.3, -0.25) is 4.79 Å². The Morgan fingerprint density at radius 3 is 2.96 bits per heavy atom. The third-order valence-electron chi connectivity index (χ3n) is 5.38. The molecule has 0 unspecified atom stereocenters. The Labute approximate surface area is 158 Å². The smallest absolute Gasteiger partial charge is 0.273 e. The molecule has 1 amide bonds. The third kappa shape index (κ3) is 3.73. The van der Waals surface area contributed by atoms with E-state index in [2.05, 4.69) is 50.3 Å². The minimum Gasteiger partial charge on any atom is -0.361 e. The number of nitrogens with one attached hydrogen (secondary N) is 3. The number of carbonyl (C=O) groups is 1. The fraction of sp³-hybridized carbons (Fsp3) is 0.450. The van der Waals surface area contributed by atoms with Crippen molar-refractivity contribution in [3.63, 3.8) is 0 Å². The zero-order chi connectivity index (χ0) is 18.6. The molecular formula is C20H26N6O. The monoisotopic (exact) mass is 366 g/mol. The maximum atomic E-state index is 12.5. The van der Waals surface area contributed by atoms with E-state index in [0.29, 0.717) is 18.3 Å². The lowest BCUT2D eigenvalue weighted by Crippen LogP contribution is -2.30. The lowest BCUT2D eigenvalue weighted by molar-refractivity contribution is 0.0947. The Bertz CT molecular complexity index is 922. The maximum Gasteiger partial charge on any atom is 0.273 e. The number of H-pyrrole nitrogens is 1. The van der Waals surface area contributed by atoms with Crippen molar-refractivity contribution in [1.82, 2.24) is 30.6 Å². The van der Waals surface area contributed by atoms with Gasteiger partial charge in [-0.05, 0) is 57.3 Å². The predicted octanol–water partition coefficient (Wildman–Crippen LogP) is 2.35. The van der Waals surface area contributed by atoms with Crippen LogP contribution in [0.4, 0.5) is 0 Å². The van der Waals surface area contributed by atoms with E-state index >= 15 is 0 Å². The number of piperidine rings is 1. The summed E-state index contributed by atoms with van der Waals surface area (Å²) in [4.78, 5) is 15.8. The molecule has 1 aliphatic rings. The van der Waals surface area contributed by atoms with Gasteiger partial charge in [0.25, 0.3) is 5.91 Å². The zero-order valence-corrected chi connectivity index (χ0v) is 15.7. The van der Waals surface area contributed by atoms with Gasteiger partial charge in [-0.15, -0.1) is 5.10 Å². The van der Waals surface area contributed by atoms with Crippen molar-refractivity contribution in [2.45, 2.75) is 38.6 Å². The van der Waals surface area contributed by atoms with Gasteiger partial charge in [0.15, 0.2) is 5.69 Å². The number of hydrogen-bond donors (Lipinski definition) is 3. The summed E-state index contributed by atoms with van der Waals surface area (Å²) in [6, 6.07) is 8.62. The summed E-state index contributed by atoms with van der Waals surface area (Å²) in [5.74, 6) is -0.133. The molecule has 1 saturated heterocycles. The van der Waals surface area contributed by atoms with Crippen LogP contribution in [0.3, 0.4) is 0 Å². The van der Waals surface area contributed by atoms with Crippen LogP contribution in [0, 0.1) is 6.92 Å². The Balaban J connectivity index is 1.31. The molecule has 3 heterocycles. The van der Waals surface area contributed by atoms with Gasteiger partial charge in [-0.2, -0.15) is 0 Å². The van der Waals surface area contributed by atoms with Crippen LogP contribution < -0.4 is 10.6 Å². The lowest BCUT2D eigenvalue weighted by atomic mass is 10.1. The Kier molecular flexibility index (Phi) is 5.20. The second kappa shape index (κ2) is 7.92. The summed E-state index contributed by atoms with van der Waals surface area (Å²) >= 11 is 0. The lowest BCUT2D eigenvalue weighted by Gasteiger charge is -2.23. The van der Waals surface area contributed by atoms with Crippen molar-refractivity contribution in [1.29, 1.82) is 0 Å². The number of para-hydroxylation sites is 1. The second-order valence-electron chi connectivity index (χ2n) is 7.17. The van der Waals surface area contributed by atoms with E-state index in [0.717, 1.165) is 50.0 Å². The highest BCUT2D eigenvalue weighted by Gasteiger charge is 2.22. The molecule has 0 atom stereocenters. The van der Waals surface area contributed by atoms with Crippen LogP contribution in [0.1, 0.15) is 47.1 Å². The van der Waals surface area contributed by atoms with Crippen molar-refractivity contribution in [2.75, 3.05) is 19.6 Å². The molecule has 7 heteroatoms. The number of rotatable bonds is 6. The van der Waals surface area contributed by atoms with Crippen molar-refractivity contribution in [3.05, 3.63) is 47.4 Å². The summed E-state index contributed by atoms with van der Waals surface area (Å²) in [5, 5.41) is 16.0. The number of aromatic amines is 1. The summed E-state index contributed by atoms with van der Waals surface area (Å²) in [5.41, 5.74) is 3.74. The molecule has 1 aromatic carbocycles. The van der Waals surface area contributed by atoms with Gasteiger partial charge in [0.1, 0.15) is 0 Å². The third-order valence-corrected chi connectivity index (χ3v) is 5.38. The van der Waals surface area contributed by atoms with Crippen LogP contribution in [0.15, 0.2) is 30.5 Å². The normalized spacial score (nSPS) is 15.3. The first-order valence-electron chi connectivity index (χ1n) is 9.69. The molecule has 3 N–H and O–H groups in total. The summed E-state index contributed by atoms with van der Waals surface area (Å²) in [7, 11) is 0. The number of nitrogens with zero attached hydrogens (tertiary/aromatic N) is 3. The molecule has 0 radical (unpaired) electrons. The molecule has 27 heavy (non-hydrogen) atoms. The molecule has 7 nitrogen and oxygen atoms in total. The molecule has 1 fully saturated rings. The van der Waals surface area contributed by atoms with Gasteiger partial charge in [-0.1, -0.05) is 23.4 Å². The summed E-state index contributed by atoms with van der Waals surface area (Å²) < 4.78 is 1.92. The Morgan fingerprint density at radius 2 is 2.11 bits per heavy atom. The van der Waals surface area contributed by atoms with E-state index in [4.69, 9.17) is 0 Å². The Morgan fingerprint density at radius 1 is 1.30 bits per heavy atom. The van der Waals surface area contributed by atoms with E-state index in [9.17, 15) is 4.79 Å². The molecule has 0 bridgehead atoms. The molecule has 0 spiro atoms. The topological polar surface area (TPSA) is 87.6 Å². The van der Waals surface area contributed by atoms with Crippen LogP contribution in [0.2, 0.25) is 0 Å². The van der Waals surface area contributed by atoms with Crippen molar-refractivity contribution < 1.29 is 4.79 Å². The van der Waals surface area contributed by atoms with Crippen molar-refractivity contribution in [2.24, 2.45) is 0 Å². The summed E-state index contributed by atoms with van der Waals surface area (Å²) in [6.45, 7) is 4.53. The van der Waals surface area contributed by atoms with Crippen LogP contribution in [-0.2, 0) is 6.42 Å². The molecule has 0 aliphatic carbocycles. The average Bonchev–Trinajstić information content (AvgIpc) is 3.29. The van der Waals surface area contributed by atoms with Gasteiger partial charge in [0, 0.05) is 23.6 Å². The fourth-order valence-corrected chi connectivity index (χ4v) is 3.85. The molecule has 0 saturated carbocycles. The van der Waals surface area contributed by atoms with Crippen LogP contribution >= 0.6 is 0 Å². The standard InChI is InChI=1S/C20H26N6O/c1-14-19(24-25-26(14)16-8-11-21-12-9-16)20(27)22-10-4-5-15-13-23-18-7-3-2-6-17(15)18/h2-3,6-7,13,16,21,23H,4-5,8-12H2,1H3,(H,22,27). The van der Waals surface area contributed by atoms with E-state index < -0.39 is 0 Å². The number of aromatic nitrogens is 4. The number of aryl methyl sites for hydroxylation is 1. The quantitative estimate of drug-likeness (QED) is 0.585. The number of amides is 1. The molecule has 1 aliphatic heterocycles. The minimum absolute atomic E-state index is 0.133.